The minimum Gasteiger partial charge on any atom is -0.497 e. The van der Waals surface area contributed by atoms with Gasteiger partial charge in [0.1, 0.15) is 5.75 Å². The molecule has 1 aliphatic rings. The van der Waals surface area contributed by atoms with E-state index >= 15 is 0 Å². The normalized spacial score (nSPS) is 20.8. The summed E-state index contributed by atoms with van der Waals surface area (Å²) in [6, 6.07) is 8.23. The fraction of sp³-hybridized carbons (Fsp3) is 0.632. The highest BCUT2D eigenvalue weighted by Crippen LogP contribution is 2.35. The molecule has 1 fully saturated rings. The number of hydrogen-bond donors (Lipinski definition) is 0. The molecule has 0 amide bonds. The second-order valence-corrected chi connectivity index (χ2v) is 6.47. The summed E-state index contributed by atoms with van der Waals surface area (Å²) in [6.45, 7) is 5.24. The number of carbonyl (C=O) groups is 1. The number of hydrogen-bond acceptors (Lipinski definition) is 4. The lowest BCUT2D eigenvalue weighted by molar-refractivity contribution is -0.150. The van der Waals surface area contributed by atoms with Crippen LogP contribution in [-0.4, -0.2) is 31.9 Å². The predicted molar refractivity (Wildman–Crippen MR) is 89.6 cm³/mol. The number of carbonyl (C=O) groups excluding carboxylic acids is 1. The first-order valence-corrected chi connectivity index (χ1v) is 8.54. The van der Waals surface area contributed by atoms with Crippen LogP contribution in [0, 0.1) is 5.92 Å². The van der Waals surface area contributed by atoms with Crippen LogP contribution in [-0.2, 0) is 20.7 Å². The molecule has 1 aliphatic heterocycles. The first-order valence-electron chi connectivity index (χ1n) is 8.54. The van der Waals surface area contributed by atoms with Crippen molar-refractivity contribution in [2.45, 2.75) is 51.6 Å². The molecule has 2 atom stereocenters. The van der Waals surface area contributed by atoms with Crippen molar-refractivity contribution in [3.63, 3.8) is 0 Å². The molecular formula is C19H28O4. The van der Waals surface area contributed by atoms with E-state index in [4.69, 9.17) is 14.2 Å². The van der Waals surface area contributed by atoms with Gasteiger partial charge in [-0.15, -0.1) is 0 Å². The Kier molecular flexibility index (Phi) is 6.46. The summed E-state index contributed by atoms with van der Waals surface area (Å²) in [4.78, 5) is 12.0. The van der Waals surface area contributed by atoms with Gasteiger partial charge in [0.25, 0.3) is 0 Å². The maximum Gasteiger partial charge on any atom is 0.340 e. The Balaban J connectivity index is 1.70. The van der Waals surface area contributed by atoms with Crippen LogP contribution in [0.4, 0.5) is 0 Å². The minimum absolute atomic E-state index is 0.179. The summed E-state index contributed by atoms with van der Waals surface area (Å²) >= 11 is 0. The van der Waals surface area contributed by atoms with Crippen LogP contribution in [0.5, 0.6) is 5.75 Å². The van der Waals surface area contributed by atoms with E-state index in [9.17, 15) is 4.79 Å². The summed E-state index contributed by atoms with van der Waals surface area (Å²) in [5.41, 5.74) is 0.688. The standard InChI is InChI=1S/C19H28O4/c1-4-12-22-18(20)19(14-23-19)11-5-6-15(2)13-16-7-9-17(21-3)10-8-16/h7-10,15H,4-6,11-14H2,1-3H3. The van der Waals surface area contributed by atoms with Gasteiger partial charge in [-0.3, -0.25) is 0 Å². The topological polar surface area (TPSA) is 48.1 Å². The summed E-state index contributed by atoms with van der Waals surface area (Å²) in [6.07, 6.45) is 4.72. The van der Waals surface area contributed by atoms with Crippen LogP contribution in [0.1, 0.15) is 45.1 Å². The Morgan fingerprint density at radius 3 is 2.61 bits per heavy atom. The van der Waals surface area contributed by atoms with Crippen LogP contribution < -0.4 is 4.74 Å². The smallest absolute Gasteiger partial charge is 0.340 e. The van der Waals surface area contributed by atoms with E-state index < -0.39 is 5.60 Å². The second kappa shape index (κ2) is 8.34. The van der Waals surface area contributed by atoms with Gasteiger partial charge >= 0.3 is 5.97 Å². The van der Waals surface area contributed by atoms with Crippen molar-refractivity contribution in [2.24, 2.45) is 5.92 Å². The van der Waals surface area contributed by atoms with Gasteiger partial charge in [0, 0.05) is 0 Å². The van der Waals surface area contributed by atoms with Crippen molar-refractivity contribution in [1.82, 2.24) is 0 Å². The van der Waals surface area contributed by atoms with Gasteiger partial charge in [0.05, 0.1) is 20.3 Å². The number of esters is 1. The third-order valence-corrected chi connectivity index (χ3v) is 4.32. The van der Waals surface area contributed by atoms with Crippen LogP contribution >= 0.6 is 0 Å². The molecule has 1 aromatic rings. The first-order chi connectivity index (χ1) is 11.1. The Hall–Kier alpha value is -1.55. The fourth-order valence-corrected chi connectivity index (χ4v) is 2.78. The predicted octanol–water partition coefficient (Wildman–Crippen LogP) is 3.77. The second-order valence-electron chi connectivity index (χ2n) is 6.47. The molecule has 2 rings (SSSR count). The highest BCUT2D eigenvalue weighted by atomic mass is 16.6. The van der Waals surface area contributed by atoms with Crippen LogP contribution in [0.15, 0.2) is 24.3 Å². The zero-order chi connectivity index (χ0) is 16.7. The van der Waals surface area contributed by atoms with Crippen LogP contribution in [0.2, 0.25) is 0 Å². The highest BCUT2D eigenvalue weighted by molar-refractivity contribution is 5.82. The van der Waals surface area contributed by atoms with Crippen molar-refractivity contribution >= 4 is 5.97 Å². The molecule has 23 heavy (non-hydrogen) atoms. The van der Waals surface area contributed by atoms with Crippen molar-refractivity contribution in [3.8, 4) is 5.75 Å². The average Bonchev–Trinajstić information content (AvgIpc) is 3.34. The lowest BCUT2D eigenvalue weighted by Crippen LogP contribution is -2.27. The Morgan fingerprint density at radius 2 is 2.04 bits per heavy atom. The van der Waals surface area contributed by atoms with E-state index in [1.54, 1.807) is 7.11 Å². The van der Waals surface area contributed by atoms with Crippen molar-refractivity contribution in [3.05, 3.63) is 29.8 Å². The van der Waals surface area contributed by atoms with Gasteiger partial charge in [0.15, 0.2) is 5.60 Å². The zero-order valence-corrected chi connectivity index (χ0v) is 14.5. The number of benzene rings is 1. The zero-order valence-electron chi connectivity index (χ0n) is 14.5. The molecular weight excluding hydrogens is 292 g/mol. The summed E-state index contributed by atoms with van der Waals surface area (Å²) in [5.74, 6) is 1.29. The molecule has 0 aliphatic carbocycles. The van der Waals surface area contributed by atoms with E-state index in [0.717, 1.165) is 37.9 Å². The lowest BCUT2D eigenvalue weighted by atomic mass is 9.93. The van der Waals surface area contributed by atoms with Gasteiger partial charge in [-0.1, -0.05) is 32.4 Å². The SMILES string of the molecule is CCCOC(=O)C1(CCCC(C)Cc2ccc(OC)cc2)CO1. The maximum atomic E-state index is 12.0. The minimum atomic E-state index is -0.630. The van der Waals surface area contributed by atoms with Crippen molar-refractivity contribution in [1.29, 1.82) is 0 Å². The third kappa shape index (κ3) is 5.24. The van der Waals surface area contributed by atoms with Gasteiger partial charge in [-0.05, 0) is 49.3 Å². The average molecular weight is 320 g/mol. The molecule has 1 heterocycles. The number of methoxy groups -OCH3 is 1. The maximum absolute atomic E-state index is 12.0. The molecule has 0 radical (unpaired) electrons. The van der Waals surface area contributed by atoms with E-state index in [0.29, 0.717) is 19.1 Å². The van der Waals surface area contributed by atoms with Gasteiger partial charge in [0.2, 0.25) is 0 Å². The number of epoxide rings is 1. The molecule has 1 aromatic carbocycles. The van der Waals surface area contributed by atoms with Crippen LogP contribution in [0.3, 0.4) is 0 Å². The monoisotopic (exact) mass is 320 g/mol. The Labute approximate surface area is 139 Å². The van der Waals surface area contributed by atoms with E-state index in [1.807, 2.05) is 19.1 Å². The molecule has 0 saturated carbocycles. The number of rotatable bonds is 10. The van der Waals surface area contributed by atoms with Gasteiger partial charge in [-0.2, -0.15) is 0 Å². The van der Waals surface area contributed by atoms with E-state index in [1.165, 1.54) is 5.56 Å². The highest BCUT2D eigenvalue weighted by Gasteiger charge is 2.53. The van der Waals surface area contributed by atoms with Crippen LogP contribution in [0.25, 0.3) is 0 Å². The number of ether oxygens (including phenoxy) is 3. The molecule has 0 N–H and O–H groups in total. The summed E-state index contributed by atoms with van der Waals surface area (Å²) < 4.78 is 15.8. The van der Waals surface area contributed by atoms with Gasteiger partial charge in [-0.25, -0.2) is 4.79 Å². The summed E-state index contributed by atoms with van der Waals surface area (Å²) in [5, 5.41) is 0. The Bertz CT molecular complexity index is 491. The molecule has 2 unspecified atom stereocenters. The van der Waals surface area contributed by atoms with Gasteiger partial charge < -0.3 is 14.2 Å². The van der Waals surface area contributed by atoms with Crippen molar-refractivity contribution < 1.29 is 19.0 Å². The lowest BCUT2D eigenvalue weighted by Gasteiger charge is -2.14. The van der Waals surface area contributed by atoms with E-state index in [-0.39, 0.29) is 5.97 Å². The molecule has 0 bridgehead atoms. The summed E-state index contributed by atoms with van der Waals surface area (Å²) in [7, 11) is 1.68. The Morgan fingerprint density at radius 1 is 1.35 bits per heavy atom. The molecule has 4 nitrogen and oxygen atoms in total. The largest absolute Gasteiger partial charge is 0.497 e. The molecule has 0 spiro atoms. The van der Waals surface area contributed by atoms with Crippen molar-refractivity contribution in [2.75, 3.05) is 20.3 Å². The molecule has 4 heteroatoms. The van der Waals surface area contributed by atoms with E-state index in [2.05, 4.69) is 19.1 Å². The quantitative estimate of drug-likeness (QED) is 0.486. The molecule has 128 valence electrons. The fourth-order valence-electron chi connectivity index (χ4n) is 2.78. The molecule has 0 aromatic heterocycles. The first kappa shape index (κ1) is 17.8. The third-order valence-electron chi connectivity index (χ3n) is 4.32. The molecule has 1 saturated heterocycles.